The van der Waals surface area contributed by atoms with E-state index in [1.54, 1.807) is 12.1 Å². The molecule has 0 bridgehead atoms. The quantitative estimate of drug-likeness (QED) is 0.579. The van der Waals surface area contributed by atoms with Crippen molar-refractivity contribution in [3.8, 4) is 5.75 Å². The monoisotopic (exact) mass is 328 g/mol. The van der Waals surface area contributed by atoms with Gasteiger partial charge in [0.25, 0.3) is 0 Å². The number of rotatable bonds is 5. The Labute approximate surface area is 133 Å². The number of esters is 1. The fraction of sp³-hybridized carbons (Fsp3) is 0.471. The van der Waals surface area contributed by atoms with Crippen LogP contribution in [0.5, 0.6) is 5.75 Å². The zero-order valence-electron chi connectivity index (χ0n) is 12.6. The maximum absolute atomic E-state index is 12.1. The average molecular weight is 328 g/mol. The normalized spacial score (nSPS) is 21.5. The van der Waals surface area contributed by atoms with Crippen LogP contribution in [0.3, 0.4) is 0 Å². The first-order valence-electron chi connectivity index (χ1n) is 7.53. The van der Waals surface area contributed by atoms with Gasteiger partial charge in [-0.25, -0.2) is 0 Å². The number of carbonyl (C=O) groups excluding carboxylic acids is 1. The molecule has 0 radical (unpaired) electrons. The van der Waals surface area contributed by atoms with Crippen LogP contribution in [0.4, 0.5) is 13.2 Å². The van der Waals surface area contributed by atoms with Gasteiger partial charge in [-0.3, -0.25) is 4.79 Å². The Kier molecular flexibility index (Phi) is 5.69. The van der Waals surface area contributed by atoms with Gasteiger partial charge in [-0.05, 0) is 49.3 Å². The Morgan fingerprint density at radius 3 is 2.30 bits per heavy atom. The summed E-state index contributed by atoms with van der Waals surface area (Å²) < 4.78 is 45.6. The third-order valence-corrected chi connectivity index (χ3v) is 3.87. The molecule has 1 aliphatic rings. The molecule has 1 aromatic carbocycles. The SMILES string of the molecule is C=CCC(=O)O[C@H]1CC[C@H](c2ccc(OC(F)(F)F)cc2)CC1. The van der Waals surface area contributed by atoms with Crippen LogP contribution in [0, 0.1) is 0 Å². The molecule has 0 heterocycles. The third-order valence-electron chi connectivity index (χ3n) is 3.87. The van der Waals surface area contributed by atoms with Crippen molar-refractivity contribution in [1.82, 2.24) is 0 Å². The highest BCUT2D eigenvalue weighted by atomic mass is 19.4. The van der Waals surface area contributed by atoms with Gasteiger partial charge in [-0.15, -0.1) is 19.8 Å². The van der Waals surface area contributed by atoms with Crippen molar-refractivity contribution in [2.45, 2.75) is 50.5 Å². The summed E-state index contributed by atoms with van der Waals surface area (Å²) >= 11 is 0. The van der Waals surface area contributed by atoms with Gasteiger partial charge in [0.15, 0.2) is 0 Å². The van der Waals surface area contributed by atoms with E-state index in [-0.39, 0.29) is 30.2 Å². The van der Waals surface area contributed by atoms with Crippen molar-refractivity contribution in [1.29, 1.82) is 0 Å². The van der Waals surface area contributed by atoms with Crippen molar-refractivity contribution in [2.24, 2.45) is 0 Å². The topological polar surface area (TPSA) is 35.5 Å². The molecule has 0 N–H and O–H groups in total. The van der Waals surface area contributed by atoms with Crippen molar-refractivity contribution in [3.63, 3.8) is 0 Å². The van der Waals surface area contributed by atoms with Crippen LogP contribution in [0.2, 0.25) is 0 Å². The lowest BCUT2D eigenvalue weighted by Gasteiger charge is -2.28. The third kappa shape index (κ3) is 5.62. The molecule has 1 saturated carbocycles. The van der Waals surface area contributed by atoms with E-state index >= 15 is 0 Å². The number of benzene rings is 1. The molecule has 6 heteroatoms. The molecule has 1 aromatic rings. The highest BCUT2D eigenvalue weighted by Crippen LogP contribution is 2.35. The summed E-state index contributed by atoms with van der Waals surface area (Å²) in [5.41, 5.74) is 0.982. The maximum atomic E-state index is 12.1. The van der Waals surface area contributed by atoms with Crippen LogP contribution in [-0.2, 0) is 9.53 Å². The van der Waals surface area contributed by atoms with Gasteiger partial charge >= 0.3 is 12.3 Å². The summed E-state index contributed by atoms with van der Waals surface area (Å²) in [6.45, 7) is 3.49. The minimum atomic E-state index is -4.67. The van der Waals surface area contributed by atoms with E-state index in [0.29, 0.717) is 0 Å². The van der Waals surface area contributed by atoms with Crippen LogP contribution < -0.4 is 4.74 Å². The summed E-state index contributed by atoms with van der Waals surface area (Å²) in [7, 11) is 0. The van der Waals surface area contributed by atoms with Crippen molar-refractivity contribution < 1.29 is 27.4 Å². The highest BCUT2D eigenvalue weighted by molar-refractivity contribution is 5.71. The molecule has 0 aromatic heterocycles. The fourth-order valence-electron chi connectivity index (χ4n) is 2.81. The lowest BCUT2D eigenvalue weighted by molar-refractivity contribution is -0.274. The van der Waals surface area contributed by atoms with Crippen LogP contribution in [0.15, 0.2) is 36.9 Å². The summed E-state index contributed by atoms with van der Waals surface area (Å²) in [5, 5.41) is 0. The van der Waals surface area contributed by atoms with Gasteiger partial charge in [0.2, 0.25) is 0 Å². The molecule has 1 aliphatic carbocycles. The number of halogens is 3. The molecule has 0 aliphatic heterocycles. The molecular formula is C17H19F3O3. The minimum Gasteiger partial charge on any atom is -0.462 e. The van der Waals surface area contributed by atoms with Gasteiger partial charge in [0.1, 0.15) is 11.9 Å². The van der Waals surface area contributed by atoms with Crippen molar-refractivity contribution in [3.05, 3.63) is 42.5 Å². The molecule has 3 nitrogen and oxygen atoms in total. The molecule has 0 unspecified atom stereocenters. The standard InChI is InChI=1S/C17H19F3O3/c1-2-3-16(21)22-14-8-4-12(5-9-14)13-6-10-15(11-7-13)23-17(18,19)20/h2,6-7,10-12,14H,1,3-5,8-9H2/t12-,14-. The first-order chi connectivity index (χ1) is 10.9. The number of carbonyl (C=O) groups is 1. The number of alkyl halides is 3. The molecular weight excluding hydrogens is 309 g/mol. The molecule has 0 atom stereocenters. The Morgan fingerprint density at radius 1 is 1.17 bits per heavy atom. The average Bonchev–Trinajstić information content (AvgIpc) is 2.47. The van der Waals surface area contributed by atoms with Crippen LogP contribution in [0.1, 0.15) is 43.6 Å². The van der Waals surface area contributed by atoms with E-state index in [2.05, 4.69) is 11.3 Å². The Bertz CT molecular complexity index is 529. The Hall–Kier alpha value is -1.98. The second-order valence-corrected chi connectivity index (χ2v) is 5.57. The summed E-state index contributed by atoms with van der Waals surface area (Å²) in [5.74, 6) is -0.213. The molecule has 0 spiro atoms. The Morgan fingerprint density at radius 2 is 1.78 bits per heavy atom. The van der Waals surface area contributed by atoms with Gasteiger partial charge in [0, 0.05) is 0 Å². The van der Waals surface area contributed by atoms with Crippen molar-refractivity contribution >= 4 is 5.97 Å². The highest BCUT2D eigenvalue weighted by Gasteiger charge is 2.31. The lowest BCUT2D eigenvalue weighted by atomic mass is 9.83. The maximum Gasteiger partial charge on any atom is 0.573 e. The van der Waals surface area contributed by atoms with Gasteiger partial charge in [-0.2, -0.15) is 0 Å². The lowest BCUT2D eigenvalue weighted by Crippen LogP contribution is -2.23. The second-order valence-electron chi connectivity index (χ2n) is 5.57. The molecule has 23 heavy (non-hydrogen) atoms. The molecule has 1 fully saturated rings. The molecule has 0 amide bonds. The minimum absolute atomic E-state index is 0.0773. The van der Waals surface area contributed by atoms with Gasteiger partial charge in [-0.1, -0.05) is 18.2 Å². The second kappa shape index (κ2) is 7.53. The number of ether oxygens (including phenoxy) is 2. The number of hydrogen-bond donors (Lipinski definition) is 0. The number of hydrogen-bond acceptors (Lipinski definition) is 3. The van der Waals surface area contributed by atoms with Gasteiger partial charge < -0.3 is 9.47 Å². The molecule has 2 rings (SSSR count). The molecule has 126 valence electrons. The van der Waals surface area contributed by atoms with E-state index < -0.39 is 6.36 Å². The van der Waals surface area contributed by atoms with E-state index in [0.717, 1.165) is 31.2 Å². The fourth-order valence-corrected chi connectivity index (χ4v) is 2.81. The first kappa shape index (κ1) is 17.4. The zero-order valence-corrected chi connectivity index (χ0v) is 12.6. The van der Waals surface area contributed by atoms with E-state index in [1.165, 1.54) is 18.2 Å². The van der Waals surface area contributed by atoms with E-state index in [9.17, 15) is 18.0 Å². The van der Waals surface area contributed by atoms with Crippen LogP contribution in [-0.4, -0.2) is 18.4 Å². The smallest absolute Gasteiger partial charge is 0.462 e. The van der Waals surface area contributed by atoms with Crippen LogP contribution in [0.25, 0.3) is 0 Å². The van der Waals surface area contributed by atoms with E-state index in [4.69, 9.17) is 4.74 Å². The largest absolute Gasteiger partial charge is 0.573 e. The zero-order chi connectivity index (χ0) is 16.9. The van der Waals surface area contributed by atoms with Crippen molar-refractivity contribution in [2.75, 3.05) is 0 Å². The van der Waals surface area contributed by atoms with Crippen LogP contribution >= 0.6 is 0 Å². The predicted octanol–water partition coefficient (Wildman–Crippen LogP) is 4.73. The summed E-state index contributed by atoms with van der Waals surface area (Å²) in [4.78, 5) is 11.4. The predicted molar refractivity (Wildman–Crippen MR) is 79.0 cm³/mol. The molecule has 0 saturated heterocycles. The summed E-state index contributed by atoms with van der Waals surface area (Å²) in [6.07, 6.45) is 0.167. The Balaban J connectivity index is 1.85. The summed E-state index contributed by atoms with van der Waals surface area (Å²) in [6, 6.07) is 5.99. The first-order valence-corrected chi connectivity index (χ1v) is 7.53. The van der Waals surface area contributed by atoms with E-state index in [1.807, 2.05) is 0 Å². The van der Waals surface area contributed by atoms with Gasteiger partial charge in [0.05, 0.1) is 6.42 Å².